The number of ether oxygens (including phenoxy) is 3. The Kier molecular flexibility index (Phi) is 4.17. The molecular weight excluding hydrogens is 414 g/mol. The van der Waals surface area contributed by atoms with Crippen molar-refractivity contribution in [3.05, 3.63) is 5.21 Å². The van der Waals surface area contributed by atoms with Crippen molar-refractivity contribution in [3.8, 4) is 0 Å². The molecule has 7 rings (SSSR count). The number of carbonyl (C=O) groups excluding carboxylic acids is 2. The van der Waals surface area contributed by atoms with E-state index in [9.17, 15) is 19.9 Å². The number of rotatable bonds is 3. The highest BCUT2D eigenvalue weighted by molar-refractivity contribution is 5.77. The first-order valence-corrected chi connectivity index (χ1v) is 12.3. The highest BCUT2D eigenvalue weighted by atomic mass is 16.6. The number of piperidine rings is 1. The van der Waals surface area contributed by atoms with Crippen molar-refractivity contribution >= 4 is 11.9 Å². The van der Waals surface area contributed by atoms with E-state index >= 15 is 0 Å². The summed E-state index contributed by atoms with van der Waals surface area (Å²) in [6, 6.07) is -0.462. The number of carbonyl (C=O) groups is 2. The molecule has 0 aromatic carbocycles. The number of hydroxylamine groups is 3. The van der Waals surface area contributed by atoms with Crippen molar-refractivity contribution in [1.29, 1.82) is 0 Å². The number of likely N-dealkylation sites (tertiary alicyclic amines) is 1. The molecule has 7 aliphatic rings. The summed E-state index contributed by atoms with van der Waals surface area (Å²) in [5.41, 5.74) is -2.39. The third-order valence-electron chi connectivity index (χ3n) is 10.7. The normalized spacial score (nSPS) is 59.4. The van der Waals surface area contributed by atoms with Crippen LogP contribution in [0.15, 0.2) is 0 Å². The molecule has 4 saturated carbocycles. The van der Waals surface area contributed by atoms with Crippen LogP contribution in [0.5, 0.6) is 0 Å². The number of hydrogen-bond donors (Lipinski definition) is 1. The summed E-state index contributed by atoms with van der Waals surface area (Å²) in [4.78, 5) is 25.7. The van der Waals surface area contributed by atoms with E-state index < -0.39 is 45.6 Å². The van der Waals surface area contributed by atoms with E-state index in [0.717, 1.165) is 12.8 Å². The largest absolute Gasteiger partial charge is 0.633 e. The maximum atomic E-state index is 14.7. The Morgan fingerprint density at radius 3 is 2.75 bits per heavy atom. The van der Waals surface area contributed by atoms with Crippen LogP contribution in [0, 0.1) is 39.7 Å². The first-order chi connectivity index (χ1) is 15.1. The van der Waals surface area contributed by atoms with E-state index in [4.69, 9.17) is 14.2 Å². The van der Waals surface area contributed by atoms with E-state index in [-0.39, 0.29) is 35.4 Å². The third kappa shape index (κ3) is 2.14. The summed E-state index contributed by atoms with van der Waals surface area (Å²) in [6.07, 6.45) is 2.18. The van der Waals surface area contributed by atoms with Gasteiger partial charge < -0.3 is 29.2 Å². The van der Waals surface area contributed by atoms with Gasteiger partial charge in [0.1, 0.15) is 18.2 Å². The SMILES string of the molecule is CC[N+]1([O-])C[C@]2(C)CCC(OC)C34C1[C@@H]([C@@H](OC(C)=O)[C@@H]32)[C@@]1(O)CC[C@H]2C[C@@H]4[C@@H]1C(=O)O2. The maximum Gasteiger partial charge on any atom is 0.312 e. The van der Waals surface area contributed by atoms with Crippen LogP contribution in [0.1, 0.15) is 52.9 Å². The topological polar surface area (TPSA) is 105 Å². The molecule has 1 spiro atoms. The fourth-order valence-electron chi connectivity index (χ4n) is 10.2. The van der Waals surface area contributed by atoms with Crippen LogP contribution in [0.3, 0.4) is 0 Å². The van der Waals surface area contributed by atoms with Gasteiger partial charge in [0.15, 0.2) is 0 Å². The lowest BCUT2D eigenvalue weighted by Crippen LogP contribution is -2.80. The number of aliphatic hydroxyl groups is 1. The van der Waals surface area contributed by atoms with Crippen molar-refractivity contribution in [3.63, 3.8) is 0 Å². The van der Waals surface area contributed by atoms with Crippen LogP contribution in [-0.2, 0) is 23.8 Å². The minimum Gasteiger partial charge on any atom is -0.633 e. The molecule has 12 atom stereocenters. The molecule has 8 heteroatoms. The van der Waals surface area contributed by atoms with Gasteiger partial charge in [0.2, 0.25) is 0 Å². The Hall–Kier alpha value is -1.22. The van der Waals surface area contributed by atoms with E-state index in [1.807, 2.05) is 6.92 Å². The number of fused-ring (bicyclic) bond motifs is 2. The molecule has 3 aliphatic heterocycles. The van der Waals surface area contributed by atoms with Crippen molar-refractivity contribution in [2.75, 3.05) is 20.2 Å². The number of esters is 2. The number of quaternary nitrogens is 1. The highest BCUT2D eigenvalue weighted by Gasteiger charge is 2.88. The zero-order chi connectivity index (χ0) is 22.8. The van der Waals surface area contributed by atoms with Crippen molar-refractivity contribution in [2.45, 2.75) is 82.8 Å². The van der Waals surface area contributed by atoms with Crippen molar-refractivity contribution in [1.82, 2.24) is 0 Å². The predicted molar refractivity (Wildman–Crippen MR) is 112 cm³/mol. The second-order valence-corrected chi connectivity index (χ2v) is 11.8. The molecule has 8 nitrogen and oxygen atoms in total. The average Bonchev–Trinajstić information content (AvgIpc) is 2.78. The fourth-order valence-corrected chi connectivity index (χ4v) is 10.2. The zero-order valence-electron chi connectivity index (χ0n) is 19.4. The van der Waals surface area contributed by atoms with Gasteiger partial charge in [-0.15, -0.1) is 0 Å². The Labute approximate surface area is 188 Å². The second kappa shape index (κ2) is 6.26. The molecule has 4 aliphatic carbocycles. The average molecular weight is 450 g/mol. The van der Waals surface area contributed by atoms with Gasteiger partial charge in [-0.25, -0.2) is 0 Å². The van der Waals surface area contributed by atoms with E-state index in [0.29, 0.717) is 32.4 Å². The standard InChI is InChI=1S/C24H35NO7/c1-5-25(29)11-22(3)8-7-15(30-4)24-14-10-13-6-9-23(28,16(14)21(27)32-13)17(20(24)25)18(19(22)24)31-12(2)26/h13-20,28H,5-11H2,1-4H3/t13-,14+,15?,16+,17+,18+,19+,20?,22-,23+,24?,25?/m0/s1. The van der Waals surface area contributed by atoms with Gasteiger partial charge >= 0.3 is 11.9 Å². The molecule has 0 aromatic rings. The van der Waals surface area contributed by atoms with Crippen LogP contribution in [0.4, 0.5) is 0 Å². The summed E-state index contributed by atoms with van der Waals surface area (Å²) in [6.45, 7) is 6.32. The third-order valence-corrected chi connectivity index (χ3v) is 10.7. The lowest BCUT2D eigenvalue weighted by Gasteiger charge is -2.72. The van der Waals surface area contributed by atoms with Crippen LogP contribution in [0.2, 0.25) is 0 Å². The number of hydrogen-bond acceptors (Lipinski definition) is 7. The van der Waals surface area contributed by atoms with E-state index in [2.05, 4.69) is 6.92 Å². The number of nitrogens with zero attached hydrogens (tertiary/aromatic N) is 1. The molecule has 178 valence electrons. The smallest absolute Gasteiger partial charge is 0.312 e. The summed E-state index contributed by atoms with van der Waals surface area (Å²) in [5.74, 6) is -2.38. The van der Waals surface area contributed by atoms with E-state index in [1.54, 1.807) is 7.11 Å². The Morgan fingerprint density at radius 2 is 2.09 bits per heavy atom. The molecule has 0 amide bonds. The van der Waals surface area contributed by atoms with Crippen LogP contribution < -0.4 is 0 Å². The van der Waals surface area contributed by atoms with Gasteiger partial charge in [-0.05, 0) is 44.9 Å². The molecular formula is C24H35NO7. The van der Waals surface area contributed by atoms with Gasteiger partial charge in [-0.2, -0.15) is 0 Å². The summed E-state index contributed by atoms with van der Waals surface area (Å²) < 4.78 is 17.6. The minimum absolute atomic E-state index is 0.120. The predicted octanol–water partition coefficient (Wildman–Crippen LogP) is 1.77. The summed E-state index contributed by atoms with van der Waals surface area (Å²) in [5, 5.41) is 27.0. The van der Waals surface area contributed by atoms with Gasteiger partial charge in [-0.1, -0.05) is 6.92 Å². The second-order valence-electron chi connectivity index (χ2n) is 11.8. The fraction of sp³-hybridized carbons (Fsp3) is 0.917. The lowest BCUT2D eigenvalue weighted by atomic mass is 9.42. The molecule has 7 fully saturated rings. The summed E-state index contributed by atoms with van der Waals surface area (Å²) >= 11 is 0. The zero-order valence-corrected chi connectivity index (χ0v) is 19.4. The van der Waals surface area contributed by atoms with Gasteiger partial charge in [0, 0.05) is 25.4 Å². The van der Waals surface area contributed by atoms with Crippen molar-refractivity contribution in [2.24, 2.45) is 34.5 Å². The molecule has 4 unspecified atom stereocenters. The minimum atomic E-state index is -1.41. The molecule has 9 bridgehead atoms. The first-order valence-electron chi connectivity index (χ1n) is 12.3. The van der Waals surface area contributed by atoms with Gasteiger partial charge in [0.25, 0.3) is 0 Å². The first kappa shape index (κ1) is 21.3. The molecule has 0 radical (unpaired) electrons. The molecule has 0 aromatic heterocycles. The highest BCUT2D eigenvalue weighted by Crippen LogP contribution is 2.78. The van der Waals surface area contributed by atoms with Crippen LogP contribution in [0.25, 0.3) is 0 Å². The lowest BCUT2D eigenvalue weighted by molar-refractivity contribution is -0.932. The van der Waals surface area contributed by atoms with Gasteiger partial charge in [0.05, 0.1) is 42.0 Å². The maximum absolute atomic E-state index is 14.7. The molecule has 3 saturated heterocycles. The molecule has 32 heavy (non-hydrogen) atoms. The van der Waals surface area contributed by atoms with Crippen molar-refractivity contribution < 1.29 is 33.6 Å². The summed E-state index contributed by atoms with van der Waals surface area (Å²) in [7, 11) is 1.70. The Balaban J connectivity index is 1.69. The van der Waals surface area contributed by atoms with Gasteiger partial charge in [-0.3, -0.25) is 9.59 Å². The van der Waals surface area contributed by atoms with Crippen LogP contribution in [-0.4, -0.2) is 71.8 Å². The monoisotopic (exact) mass is 449 g/mol. The van der Waals surface area contributed by atoms with Crippen LogP contribution >= 0.6 is 0 Å². The quantitative estimate of drug-likeness (QED) is 0.398. The van der Waals surface area contributed by atoms with E-state index in [1.165, 1.54) is 6.92 Å². The molecule has 3 heterocycles. The Morgan fingerprint density at radius 1 is 1.34 bits per heavy atom. The number of methoxy groups -OCH3 is 1. The molecule has 1 N–H and O–H groups in total. The Bertz CT molecular complexity index is 880.